The molecule has 2 N–H and O–H groups in total. The van der Waals surface area contributed by atoms with E-state index in [0.29, 0.717) is 25.6 Å². The van der Waals surface area contributed by atoms with Gasteiger partial charge in [0.15, 0.2) is 12.9 Å². The molecule has 0 unspecified atom stereocenters. The molecule has 2 aromatic carbocycles. The number of ether oxygens (including phenoxy) is 2. The summed E-state index contributed by atoms with van der Waals surface area (Å²) in [6, 6.07) is 14.9. The van der Waals surface area contributed by atoms with Gasteiger partial charge in [-0.3, -0.25) is 4.90 Å². The zero-order chi connectivity index (χ0) is 19.8. The lowest BCUT2D eigenvalue weighted by molar-refractivity contribution is -0.900. The van der Waals surface area contributed by atoms with E-state index in [2.05, 4.69) is 4.90 Å². The van der Waals surface area contributed by atoms with Crippen LogP contribution in [0.2, 0.25) is 0 Å². The second-order valence-electron chi connectivity index (χ2n) is 7.93. The molecule has 0 aromatic heterocycles. The number of rotatable bonds is 3. The Labute approximate surface area is 170 Å². The molecule has 154 valence electrons. The molecule has 3 aliphatic heterocycles. The number of quaternary nitrogens is 1. The van der Waals surface area contributed by atoms with Gasteiger partial charge in [-0.2, -0.15) is 0 Å². The van der Waals surface area contributed by atoms with Gasteiger partial charge < -0.3 is 24.4 Å². The Morgan fingerprint density at radius 2 is 1.66 bits per heavy atom. The van der Waals surface area contributed by atoms with Gasteiger partial charge in [-0.1, -0.05) is 30.3 Å². The third-order valence-corrected chi connectivity index (χ3v) is 6.20. The maximum Gasteiger partial charge on any atom is 0.243 e. The van der Waals surface area contributed by atoms with Gasteiger partial charge in [0.1, 0.15) is 5.82 Å². The summed E-state index contributed by atoms with van der Waals surface area (Å²) < 4.78 is 26.1. The number of nitrogens with zero attached hydrogens (tertiary/aromatic N) is 2. The first kappa shape index (κ1) is 18.8. The summed E-state index contributed by atoms with van der Waals surface area (Å²) in [5, 5.41) is 11.2. The molecule has 1 atom stereocenters. The molecule has 2 fully saturated rings. The zero-order valence-corrected chi connectivity index (χ0v) is 16.4. The second kappa shape index (κ2) is 7.57. The second-order valence-corrected chi connectivity index (χ2v) is 7.93. The van der Waals surface area contributed by atoms with Crippen LogP contribution in [-0.4, -0.2) is 57.4 Å². The van der Waals surface area contributed by atoms with Crippen LogP contribution in [0.4, 0.5) is 15.8 Å². The van der Waals surface area contributed by atoms with Crippen LogP contribution in [0.3, 0.4) is 0 Å². The van der Waals surface area contributed by atoms with Crippen LogP contribution in [0.5, 0.6) is 0 Å². The van der Waals surface area contributed by atoms with Crippen molar-refractivity contribution in [2.75, 3.05) is 55.9 Å². The van der Waals surface area contributed by atoms with Crippen LogP contribution in [0.25, 0.3) is 0 Å². The highest BCUT2D eigenvalue weighted by molar-refractivity contribution is 5.61. The average molecular weight is 400 g/mol. The Morgan fingerprint density at radius 1 is 1.00 bits per heavy atom. The van der Waals surface area contributed by atoms with Gasteiger partial charge in [0.2, 0.25) is 5.79 Å². The third-order valence-electron chi connectivity index (χ3n) is 6.20. The van der Waals surface area contributed by atoms with Crippen molar-refractivity contribution < 1.29 is 23.9 Å². The van der Waals surface area contributed by atoms with Crippen molar-refractivity contribution in [3.63, 3.8) is 0 Å². The maximum atomic E-state index is 14.1. The average Bonchev–Trinajstić information content (AvgIpc) is 2.98. The lowest BCUT2D eigenvalue weighted by Gasteiger charge is -2.40. The van der Waals surface area contributed by atoms with E-state index < -0.39 is 12.0 Å². The highest BCUT2D eigenvalue weighted by Gasteiger charge is 2.55. The molecule has 0 aliphatic carbocycles. The van der Waals surface area contributed by atoms with E-state index >= 15 is 0 Å². The molecular weight excluding hydrogens is 373 g/mol. The van der Waals surface area contributed by atoms with E-state index in [4.69, 9.17) is 9.47 Å². The third kappa shape index (κ3) is 3.18. The van der Waals surface area contributed by atoms with E-state index in [1.54, 1.807) is 6.07 Å². The fourth-order valence-corrected chi connectivity index (χ4v) is 4.69. The lowest BCUT2D eigenvalue weighted by Crippen LogP contribution is -3.16. The monoisotopic (exact) mass is 400 g/mol. The number of benzene rings is 2. The van der Waals surface area contributed by atoms with E-state index in [9.17, 15) is 9.50 Å². The number of para-hydroxylation sites is 2. The van der Waals surface area contributed by atoms with Crippen molar-refractivity contribution in [1.29, 1.82) is 0 Å². The van der Waals surface area contributed by atoms with Crippen molar-refractivity contribution in [2.45, 2.75) is 18.4 Å². The minimum Gasteiger partial charge on any atom is -0.368 e. The first-order valence-electron chi connectivity index (χ1n) is 10.3. The van der Waals surface area contributed by atoms with Crippen molar-refractivity contribution in [2.24, 2.45) is 0 Å². The summed E-state index contributed by atoms with van der Waals surface area (Å²) in [6.45, 7) is 5.10. The quantitative estimate of drug-likeness (QED) is 0.803. The Morgan fingerprint density at radius 3 is 2.38 bits per heavy atom. The van der Waals surface area contributed by atoms with Crippen LogP contribution >= 0.6 is 0 Å². The van der Waals surface area contributed by atoms with Crippen LogP contribution in [0, 0.1) is 5.82 Å². The molecular formula is C22H27FN3O3+. The summed E-state index contributed by atoms with van der Waals surface area (Å²) in [5.41, 5.74) is 2.53. The Bertz CT molecular complexity index is 866. The molecule has 0 radical (unpaired) electrons. The van der Waals surface area contributed by atoms with Crippen LogP contribution < -0.4 is 14.7 Å². The van der Waals surface area contributed by atoms with Gasteiger partial charge in [-0.15, -0.1) is 0 Å². The molecule has 0 bridgehead atoms. The van der Waals surface area contributed by atoms with Gasteiger partial charge in [0.25, 0.3) is 0 Å². The molecule has 3 heterocycles. The Balaban J connectivity index is 1.31. The fourth-order valence-electron chi connectivity index (χ4n) is 4.69. The molecule has 5 rings (SSSR count). The van der Waals surface area contributed by atoms with Crippen LogP contribution in [-0.2, 0) is 15.3 Å². The fraction of sp³-hybridized carbons (Fsp3) is 0.455. The van der Waals surface area contributed by atoms with Crippen molar-refractivity contribution in [3.8, 4) is 0 Å². The Kier molecular flexibility index (Phi) is 4.91. The van der Waals surface area contributed by atoms with Crippen molar-refractivity contribution in [1.82, 2.24) is 0 Å². The van der Waals surface area contributed by atoms with Gasteiger partial charge >= 0.3 is 0 Å². The lowest BCUT2D eigenvalue weighted by atomic mass is 10.1. The first-order chi connectivity index (χ1) is 14.2. The van der Waals surface area contributed by atoms with E-state index in [1.807, 2.05) is 41.3 Å². The zero-order valence-electron chi connectivity index (χ0n) is 16.4. The number of anilines is 2. The first-order valence-corrected chi connectivity index (χ1v) is 10.3. The highest BCUT2D eigenvalue weighted by atomic mass is 19.1. The molecule has 1 spiro atoms. The normalized spacial score (nSPS) is 24.1. The number of nitrogens with one attached hydrogen (secondary N) is 1. The van der Waals surface area contributed by atoms with Gasteiger partial charge in [0.05, 0.1) is 50.8 Å². The largest absolute Gasteiger partial charge is 0.368 e. The van der Waals surface area contributed by atoms with E-state index in [1.165, 1.54) is 11.0 Å². The van der Waals surface area contributed by atoms with Gasteiger partial charge in [-0.05, 0) is 24.6 Å². The molecule has 0 amide bonds. The predicted molar refractivity (Wildman–Crippen MR) is 107 cm³/mol. The number of fused-ring (bicyclic) bond motifs is 2. The molecule has 0 saturated carbocycles. The number of piperazine rings is 1. The summed E-state index contributed by atoms with van der Waals surface area (Å²) in [7, 11) is 0. The minimum atomic E-state index is -1.09. The smallest absolute Gasteiger partial charge is 0.243 e. The predicted octanol–water partition coefficient (Wildman–Crippen LogP) is 0.916. The van der Waals surface area contributed by atoms with Crippen LogP contribution in [0.15, 0.2) is 48.5 Å². The number of hydrogen-bond donors (Lipinski definition) is 2. The number of hydrogen-bond acceptors (Lipinski definition) is 5. The minimum absolute atomic E-state index is 0.173. The number of halogens is 1. The van der Waals surface area contributed by atoms with E-state index in [0.717, 1.165) is 43.9 Å². The summed E-state index contributed by atoms with van der Waals surface area (Å²) in [6.07, 6.45) is -0.0443. The standard InChI is InChI=1S/C22H26FN3O3/c23-18-7-2-4-9-20(18)25-12-10-24(11-13-25)16-26-19-8-3-1-6-17(19)22(21(26)27)28-14-5-15-29-22/h1-4,6-9,21,27H,5,10-16H2/p+1/t21-/m1/s1. The summed E-state index contributed by atoms with van der Waals surface area (Å²) >= 11 is 0. The molecule has 2 saturated heterocycles. The van der Waals surface area contributed by atoms with E-state index in [-0.39, 0.29) is 5.82 Å². The SMILES string of the molecule is O[C@H]1N(C[NH+]2CCN(c3ccccc3F)CC2)c2ccccc2C12OCCCO2. The van der Waals surface area contributed by atoms with Gasteiger partial charge in [-0.25, -0.2) is 4.39 Å². The van der Waals surface area contributed by atoms with Crippen molar-refractivity contribution in [3.05, 3.63) is 59.9 Å². The number of aliphatic hydroxyl groups is 1. The van der Waals surface area contributed by atoms with Crippen LogP contribution in [0.1, 0.15) is 12.0 Å². The molecule has 7 heteroatoms. The molecule has 6 nitrogen and oxygen atoms in total. The van der Waals surface area contributed by atoms with Gasteiger partial charge in [0, 0.05) is 5.56 Å². The molecule has 29 heavy (non-hydrogen) atoms. The molecule has 3 aliphatic rings. The highest BCUT2D eigenvalue weighted by Crippen LogP contribution is 2.47. The number of aliphatic hydroxyl groups excluding tert-OH is 1. The summed E-state index contributed by atoms with van der Waals surface area (Å²) in [4.78, 5) is 5.44. The maximum absolute atomic E-state index is 14.1. The molecule has 2 aromatic rings. The topological polar surface area (TPSA) is 49.6 Å². The van der Waals surface area contributed by atoms with Crippen molar-refractivity contribution >= 4 is 11.4 Å². The summed E-state index contributed by atoms with van der Waals surface area (Å²) in [5.74, 6) is -1.27. The Hall–Kier alpha value is -2.19.